The predicted molar refractivity (Wildman–Crippen MR) is 111 cm³/mol. The molecule has 0 radical (unpaired) electrons. The lowest BCUT2D eigenvalue weighted by atomic mass is 10.2. The van der Waals surface area contributed by atoms with E-state index in [0.29, 0.717) is 40.5 Å². The van der Waals surface area contributed by atoms with Crippen LogP contribution < -0.4 is 14.8 Å². The van der Waals surface area contributed by atoms with E-state index < -0.39 is 5.82 Å². The van der Waals surface area contributed by atoms with Gasteiger partial charge in [-0.3, -0.25) is 0 Å². The molecule has 0 bridgehead atoms. The van der Waals surface area contributed by atoms with Crippen molar-refractivity contribution < 1.29 is 13.9 Å². The number of hydrogen-bond donors (Lipinski definition) is 1. The van der Waals surface area contributed by atoms with Gasteiger partial charge in [0.1, 0.15) is 11.3 Å². The Hall–Kier alpha value is -3.46. The quantitative estimate of drug-likeness (QED) is 0.420. The van der Waals surface area contributed by atoms with E-state index in [-0.39, 0.29) is 5.02 Å². The van der Waals surface area contributed by atoms with Crippen LogP contribution in [0.1, 0.15) is 6.42 Å². The number of fused-ring (bicyclic) bond motifs is 1. The van der Waals surface area contributed by atoms with Gasteiger partial charge in [0.25, 0.3) is 0 Å². The van der Waals surface area contributed by atoms with E-state index in [0.717, 1.165) is 13.0 Å². The first kappa shape index (κ1) is 19.8. The third-order valence-corrected chi connectivity index (χ3v) is 4.68. The van der Waals surface area contributed by atoms with Crippen LogP contribution >= 0.6 is 11.6 Å². The highest BCUT2D eigenvalue weighted by molar-refractivity contribution is 6.31. The zero-order valence-electron chi connectivity index (χ0n) is 16.0. The summed E-state index contributed by atoms with van der Waals surface area (Å²) in [5.74, 6) is 1.05. The van der Waals surface area contributed by atoms with Crippen LogP contribution in [0.25, 0.3) is 10.9 Å². The van der Waals surface area contributed by atoms with E-state index in [4.69, 9.17) is 21.1 Å². The molecule has 2 heterocycles. The summed E-state index contributed by atoms with van der Waals surface area (Å²) in [4.78, 5) is 4.02. The molecule has 8 nitrogen and oxygen atoms in total. The lowest BCUT2D eigenvalue weighted by molar-refractivity contribution is 0.283. The van der Waals surface area contributed by atoms with Gasteiger partial charge in [-0.2, -0.15) is 0 Å². The SMILES string of the molecule is COc1cc2c(Nc3ccc(F)c(Cl)c3)nnnc2cc1OCCCn1ccnc1. The number of nitrogens with zero attached hydrogens (tertiary/aromatic N) is 5. The monoisotopic (exact) mass is 428 g/mol. The number of rotatable bonds is 8. The molecule has 2 aromatic carbocycles. The van der Waals surface area contributed by atoms with Gasteiger partial charge in [-0.25, -0.2) is 9.37 Å². The predicted octanol–water partition coefficient (Wildman–Crippen LogP) is 4.24. The highest BCUT2D eigenvalue weighted by Crippen LogP contribution is 2.34. The van der Waals surface area contributed by atoms with Gasteiger partial charge in [-0.1, -0.05) is 11.6 Å². The van der Waals surface area contributed by atoms with Gasteiger partial charge in [0, 0.05) is 30.7 Å². The fraction of sp³-hybridized carbons (Fsp3) is 0.200. The maximum atomic E-state index is 13.4. The summed E-state index contributed by atoms with van der Waals surface area (Å²) in [6.45, 7) is 1.30. The van der Waals surface area contributed by atoms with Crippen LogP contribution in [-0.4, -0.2) is 38.7 Å². The standard InChI is InChI=1S/C20H18ClFN6O2/c1-29-18-10-14-17(11-19(18)30-8-2-6-28-7-5-23-12-28)25-27-26-20(14)24-13-3-4-16(22)15(21)9-13/h3-5,7,9-12H,2,6,8H2,1H3,(H,24,25,26). The maximum Gasteiger partial charge on any atom is 0.164 e. The number of benzene rings is 2. The lowest BCUT2D eigenvalue weighted by Gasteiger charge is -2.13. The third kappa shape index (κ3) is 4.41. The molecule has 1 N–H and O–H groups in total. The van der Waals surface area contributed by atoms with Crippen molar-refractivity contribution in [3.05, 3.63) is 59.9 Å². The van der Waals surface area contributed by atoms with Crippen molar-refractivity contribution in [3.63, 3.8) is 0 Å². The highest BCUT2D eigenvalue weighted by atomic mass is 35.5. The number of ether oxygens (including phenoxy) is 2. The molecule has 0 saturated heterocycles. The van der Waals surface area contributed by atoms with E-state index in [1.54, 1.807) is 37.8 Å². The van der Waals surface area contributed by atoms with Crippen molar-refractivity contribution >= 4 is 34.0 Å². The Kier molecular flexibility index (Phi) is 5.89. The molecule has 2 aromatic heterocycles. The molecule has 4 rings (SSSR count). The summed E-state index contributed by atoms with van der Waals surface area (Å²) in [5.41, 5.74) is 1.15. The van der Waals surface area contributed by atoms with Crippen molar-refractivity contribution in [2.75, 3.05) is 19.0 Å². The first-order valence-corrected chi connectivity index (χ1v) is 9.53. The van der Waals surface area contributed by atoms with E-state index >= 15 is 0 Å². The Morgan fingerprint density at radius 2 is 2.07 bits per heavy atom. The van der Waals surface area contributed by atoms with E-state index in [1.165, 1.54) is 12.1 Å². The minimum absolute atomic E-state index is 0.00952. The number of anilines is 2. The van der Waals surface area contributed by atoms with Crippen LogP contribution in [0.2, 0.25) is 5.02 Å². The normalized spacial score (nSPS) is 10.9. The minimum atomic E-state index is -0.496. The molecule has 30 heavy (non-hydrogen) atoms. The van der Waals surface area contributed by atoms with Gasteiger partial charge >= 0.3 is 0 Å². The van der Waals surface area contributed by atoms with E-state index in [2.05, 4.69) is 25.7 Å². The van der Waals surface area contributed by atoms with Gasteiger partial charge in [0.2, 0.25) is 0 Å². The van der Waals surface area contributed by atoms with Crippen molar-refractivity contribution in [3.8, 4) is 11.5 Å². The topological polar surface area (TPSA) is 87.0 Å². The second-order valence-corrected chi connectivity index (χ2v) is 6.82. The number of aromatic nitrogens is 5. The van der Waals surface area contributed by atoms with Crippen LogP contribution in [0.3, 0.4) is 0 Å². The first-order valence-electron chi connectivity index (χ1n) is 9.16. The second-order valence-electron chi connectivity index (χ2n) is 6.41. The van der Waals surface area contributed by atoms with Gasteiger partial charge in [-0.15, -0.1) is 10.2 Å². The van der Waals surface area contributed by atoms with Crippen LogP contribution in [-0.2, 0) is 6.54 Å². The maximum absolute atomic E-state index is 13.4. The molecule has 10 heteroatoms. The summed E-state index contributed by atoms with van der Waals surface area (Å²) in [6.07, 6.45) is 6.22. The highest BCUT2D eigenvalue weighted by Gasteiger charge is 2.13. The summed E-state index contributed by atoms with van der Waals surface area (Å²) in [6, 6.07) is 7.83. The Labute approximate surface area is 176 Å². The Morgan fingerprint density at radius 1 is 1.17 bits per heavy atom. The summed E-state index contributed by atoms with van der Waals surface area (Å²) >= 11 is 5.85. The molecule has 154 valence electrons. The third-order valence-electron chi connectivity index (χ3n) is 4.39. The van der Waals surface area contributed by atoms with Gasteiger partial charge in [0.05, 0.1) is 30.5 Å². The molecular formula is C20H18ClFN6O2. The van der Waals surface area contributed by atoms with E-state index in [1.807, 2.05) is 10.8 Å². The smallest absolute Gasteiger partial charge is 0.164 e. The largest absolute Gasteiger partial charge is 0.493 e. The Balaban J connectivity index is 1.54. The molecule has 0 aliphatic rings. The Bertz CT molecular complexity index is 1160. The summed E-state index contributed by atoms with van der Waals surface area (Å²) < 4.78 is 26.8. The fourth-order valence-electron chi connectivity index (χ4n) is 2.91. The zero-order valence-corrected chi connectivity index (χ0v) is 16.8. The second kappa shape index (κ2) is 8.91. The molecular weight excluding hydrogens is 411 g/mol. The van der Waals surface area contributed by atoms with Crippen molar-refractivity contribution in [2.45, 2.75) is 13.0 Å². The number of methoxy groups -OCH3 is 1. The van der Waals surface area contributed by atoms with Crippen LogP contribution in [0, 0.1) is 5.82 Å². The average molecular weight is 429 g/mol. The number of aryl methyl sites for hydroxylation is 1. The fourth-order valence-corrected chi connectivity index (χ4v) is 3.09. The first-order chi connectivity index (χ1) is 14.6. The minimum Gasteiger partial charge on any atom is -0.493 e. The van der Waals surface area contributed by atoms with Gasteiger partial charge < -0.3 is 19.4 Å². The molecule has 0 atom stereocenters. The van der Waals surface area contributed by atoms with Crippen molar-refractivity contribution in [2.24, 2.45) is 0 Å². The van der Waals surface area contributed by atoms with E-state index in [9.17, 15) is 4.39 Å². The molecule has 0 amide bonds. The molecule has 0 aliphatic heterocycles. The molecule has 4 aromatic rings. The van der Waals surface area contributed by atoms with Crippen LogP contribution in [0.5, 0.6) is 11.5 Å². The van der Waals surface area contributed by atoms with Gasteiger partial charge in [0.15, 0.2) is 17.3 Å². The number of nitrogens with one attached hydrogen (secondary N) is 1. The molecule has 0 aliphatic carbocycles. The van der Waals surface area contributed by atoms with Gasteiger partial charge in [-0.05, 0) is 35.9 Å². The number of imidazole rings is 1. The number of halogens is 2. The summed E-state index contributed by atoms with van der Waals surface area (Å²) in [7, 11) is 1.56. The average Bonchev–Trinajstić information content (AvgIpc) is 3.27. The Morgan fingerprint density at radius 3 is 2.83 bits per heavy atom. The molecule has 0 saturated carbocycles. The molecule has 0 unspecified atom stereocenters. The zero-order chi connectivity index (χ0) is 20.9. The van der Waals surface area contributed by atoms with Crippen LogP contribution in [0.4, 0.5) is 15.9 Å². The summed E-state index contributed by atoms with van der Waals surface area (Å²) in [5, 5.41) is 15.7. The van der Waals surface area contributed by atoms with Crippen LogP contribution in [0.15, 0.2) is 49.1 Å². The van der Waals surface area contributed by atoms with Crippen molar-refractivity contribution in [1.29, 1.82) is 0 Å². The molecule has 0 fully saturated rings. The molecule has 0 spiro atoms. The number of hydrogen-bond acceptors (Lipinski definition) is 7. The van der Waals surface area contributed by atoms with Crippen molar-refractivity contribution in [1.82, 2.24) is 25.0 Å². The lowest BCUT2D eigenvalue weighted by Crippen LogP contribution is -2.05.